The molecule has 0 nitrogen and oxygen atoms in total. The number of halogens is 1. The highest BCUT2D eigenvalue weighted by Gasteiger charge is 2.02. The van der Waals surface area contributed by atoms with E-state index in [9.17, 15) is 0 Å². The molecule has 1 aromatic rings. The monoisotopic (exact) mass is 226 g/mol. The van der Waals surface area contributed by atoms with Crippen molar-refractivity contribution in [1.82, 2.24) is 0 Å². The van der Waals surface area contributed by atoms with Gasteiger partial charge in [0.05, 0.1) is 0 Å². The second kappa shape index (κ2) is 4.66. The molecule has 1 atom stereocenters. The lowest BCUT2D eigenvalue weighted by Gasteiger charge is -2.09. The van der Waals surface area contributed by atoms with Crippen molar-refractivity contribution in [1.29, 1.82) is 0 Å². The van der Waals surface area contributed by atoms with Gasteiger partial charge < -0.3 is 0 Å². The molecule has 0 aromatic heterocycles. The van der Waals surface area contributed by atoms with Crippen LogP contribution in [0.15, 0.2) is 24.3 Å². The molecule has 1 heteroatoms. The Morgan fingerprint density at radius 3 is 2.33 bits per heavy atom. The van der Waals surface area contributed by atoms with E-state index in [-0.39, 0.29) is 0 Å². The maximum absolute atomic E-state index is 3.46. The quantitative estimate of drug-likeness (QED) is 0.687. The molecule has 0 aliphatic carbocycles. The maximum Gasteiger partial charge on any atom is 0.00370 e. The first-order chi connectivity index (χ1) is 5.74. The van der Waals surface area contributed by atoms with E-state index in [2.05, 4.69) is 54.0 Å². The molecule has 0 spiro atoms. The molecule has 0 aliphatic rings. The van der Waals surface area contributed by atoms with Gasteiger partial charge in [0.2, 0.25) is 0 Å². The minimum Gasteiger partial charge on any atom is -0.0928 e. The Labute approximate surface area is 83.1 Å². The fourth-order valence-electron chi connectivity index (χ4n) is 1.23. The van der Waals surface area contributed by atoms with Crippen LogP contribution in [-0.4, -0.2) is 5.33 Å². The summed E-state index contributed by atoms with van der Waals surface area (Å²) in [5.74, 6) is 0.671. The standard InChI is InChI=1S/C11H15Br/c1-9-3-5-11(6-4-9)10(2)7-8-12/h3-6,10H,7-8H2,1-2H3/t10-/m1/s1. The van der Waals surface area contributed by atoms with Crippen molar-refractivity contribution in [2.45, 2.75) is 26.2 Å². The topological polar surface area (TPSA) is 0 Å². The van der Waals surface area contributed by atoms with E-state index in [4.69, 9.17) is 0 Å². The van der Waals surface area contributed by atoms with Crippen molar-refractivity contribution in [3.05, 3.63) is 35.4 Å². The predicted octanol–water partition coefficient (Wildman–Crippen LogP) is 3.88. The molecular weight excluding hydrogens is 212 g/mol. The predicted molar refractivity (Wildman–Crippen MR) is 58.0 cm³/mol. The van der Waals surface area contributed by atoms with Gasteiger partial charge in [-0.05, 0) is 24.8 Å². The first-order valence-corrected chi connectivity index (χ1v) is 5.48. The molecule has 0 saturated carbocycles. The van der Waals surface area contributed by atoms with E-state index in [0.29, 0.717) is 5.92 Å². The number of hydrogen-bond donors (Lipinski definition) is 0. The van der Waals surface area contributed by atoms with Crippen LogP contribution < -0.4 is 0 Å². The summed E-state index contributed by atoms with van der Waals surface area (Å²) in [4.78, 5) is 0. The van der Waals surface area contributed by atoms with Gasteiger partial charge in [-0.25, -0.2) is 0 Å². The summed E-state index contributed by atoms with van der Waals surface area (Å²) in [6, 6.07) is 8.81. The Morgan fingerprint density at radius 1 is 1.25 bits per heavy atom. The molecule has 12 heavy (non-hydrogen) atoms. The largest absolute Gasteiger partial charge is 0.0928 e. The van der Waals surface area contributed by atoms with E-state index in [1.165, 1.54) is 17.5 Å². The first-order valence-electron chi connectivity index (χ1n) is 4.36. The van der Waals surface area contributed by atoms with E-state index < -0.39 is 0 Å². The van der Waals surface area contributed by atoms with Crippen LogP contribution in [0.5, 0.6) is 0 Å². The number of benzene rings is 1. The average Bonchev–Trinajstić information content (AvgIpc) is 2.06. The summed E-state index contributed by atoms with van der Waals surface area (Å²) in [5, 5.41) is 1.09. The lowest BCUT2D eigenvalue weighted by Crippen LogP contribution is -1.93. The third-order valence-corrected chi connectivity index (χ3v) is 2.65. The summed E-state index contributed by atoms with van der Waals surface area (Å²) in [6.07, 6.45) is 1.21. The van der Waals surface area contributed by atoms with E-state index >= 15 is 0 Å². The Balaban J connectivity index is 2.68. The smallest absolute Gasteiger partial charge is 0.00370 e. The average molecular weight is 227 g/mol. The molecule has 66 valence electrons. The van der Waals surface area contributed by atoms with Gasteiger partial charge in [-0.3, -0.25) is 0 Å². The summed E-state index contributed by atoms with van der Waals surface area (Å²) < 4.78 is 0. The van der Waals surface area contributed by atoms with Crippen molar-refractivity contribution < 1.29 is 0 Å². The molecule has 0 unspecified atom stereocenters. The third kappa shape index (κ3) is 2.63. The molecule has 1 rings (SSSR count). The van der Waals surface area contributed by atoms with Crippen LogP contribution in [0.25, 0.3) is 0 Å². The minimum absolute atomic E-state index is 0.671. The van der Waals surface area contributed by atoms with E-state index in [0.717, 1.165) is 5.33 Å². The van der Waals surface area contributed by atoms with Crippen LogP contribution in [-0.2, 0) is 0 Å². The zero-order chi connectivity index (χ0) is 8.97. The van der Waals surface area contributed by atoms with Crippen LogP contribution in [0, 0.1) is 6.92 Å². The highest BCUT2D eigenvalue weighted by atomic mass is 79.9. The van der Waals surface area contributed by atoms with E-state index in [1.807, 2.05) is 0 Å². The summed E-state index contributed by atoms with van der Waals surface area (Å²) in [6.45, 7) is 4.39. The number of aryl methyl sites for hydroxylation is 1. The van der Waals surface area contributed by atoms with Crippen molar-refractivity contribution >= 4 is 15.9 Å². The van der Waals surface area contributed by atoms with Crippen LogP contribution in [0.4, 0.5) is 0 Å². The molecule has 0 N–H and O–H groups in total. The molecular formula is C11H15Br. The van der Waals surface area contributed by atoms with Crippen LogP contribution >= 0.6 is 15.9 Å². The zero-order valence-corrected chi connectivity index (χ0v) is 9.26. The molecule has 1 aromatic carbocycles. The lowest BCUT2D eigenvalue weighted by atomic mass is 9.98. The molecule has 0 heterocycles. The van der Waals surface area contributed by atoms with Gasteiger partial charge in [-0.2, -0.15) is 0 Å². The molecule has 0 radical (unpaired) electrons. The summed E-state index contributed by atoms with van der Waals surface area (Å²) in [5.41, 5.74) is 2.78. The van der Waals surface area contributed by atoms with E-state index in [1.54, 1.807) is 0 Å². The first kappa shape index (κ1) is 9.79. The molecule has 0 aliphatic heterocycles. The fraction of sp³-hybridized carbons (Fsp3) is 0.455. The Morgan fingerprint density at radius 2 is 1.83 bits per heavy atom. The number of hydrogen-bond acceptors (Lipinski definition) is 0. The lowest BCUT2D eigenvalue weighted by molar-refractivity contribution is 0.744. The van der Waals surface area contributed by atoms with Gasteiger partial charge in [0.15, 0.2) is 0 Å². The minimum atomic E-state index is 0.671. The summed E-state index contributed by atoms with van der Waals surface area (Å²) in [7, 11) is 0. The van der Waals surface area contributed by atoms with Crippen LogP contribution in [0.2, 0.25) is 0 Å². The molecule has 0 saturated heterocycles. The van der Waals surface area contributed by atoms with Crippen molar-refractivity contribution in [3.63, 3.8) is 0 Å². The normalized spacial score (nSPS) is 12.9. The fourth-order valence-corrected chi connectivity index (χ4v) is 1.91. The van der Waals surface area contributed by atoms with Gasteiger partial charge in [0, 0.05) is 5.33 Å². The third-order valence-electron chi connectivity index (χ3n) is 2.19. The second-order valence-electron chi connectivity index (χ2n) is 3.29. The van der Waals surface area contributed by atoms with Gasteiger partial charge in [-0.1, -0.05) is 52.7 Å². The van der Waals surface area contributed by atoms with Gasteiger partial charge in [0.1, 0.15) is 0 Å². The van der Waals surface area contributed by atoms with Crippen molar-refractivity contribution in [3.8, 4) is 0 Å². The Kier molecular flexibility index (Phi) is 3.80. The summed E-state index contributed by atoms with van der Waals surface area (Å²) >= 11 is 3.46. The van der Waals surface area contributed by atoms with Gasteiger partial charge in [0.25, 0.3) is 0 Å². The zero-order valence-electron chi connectivity index (χ0n) is 7.68. The van der Waals surface area contributed by atoms with Gasteiger partial charge in [-0.15, -0.1) is 0 Å². The highest BCUT2D eigenvalue weighted by molar-refractivity contribution is 9.09. The molecule has 0 fully saturated rings. The SMILES string of the molecule is Cc1ccc([C@H](C)CCBr)cc1. The maximum atomic E-state index is 3.46. The van der Waals surface area contributed by atoms with Crippen LogP contribution in [0.3, 0.4) is 0 Å². The van der Waals surface area contributed by atoms with Crippen molar-refractivity contribution in [2.24, 2.45) is 0 Å². The van der Waals surface area contributed by atoms with Crippen LogP contribution in [0.1, 0.15) is 30.4 Å². The van der Waals surface area contributed by atoms with Crippen molar-refractivity contribution in [2.75, 3.05) is 5.33 Å². The molecule has 0 amide bonds. The second-order valence-corrected chi connectivity index (χ2v) is 4.08. The van der Waals surface area contributed by atoms with Gasteiger partial charge >= 0.3 is 0 Å². The molecule has 0 bridgehead atoms. The Hall–Kier alpha value is -0.300. The number of rotatable bonds is 3. The number of alkyl halides is 1. The Bertz CT molecular complexity index is 225. The highest BCUT2D eigenvalue weighted by Crippen LogP contribution is 2.19.